The van der Waals surface area contributed by atoms with Gasteiger partial charge in [0.25, 0.3) is 0 Å². The summed E-state index contributed by atoms with van der Waals surface area (Å²) >= 11 is 0. The maximum absolute atomic E-state index is 12.3. The second kappa shape index (κ2) is 6.57. The molecule has 0 spiro atoms. The van der Waals surface area contributed by atoms with Gasteiger partial charge < -0.3 is 10.1 Å². The maximum Gasteiger partial charge on any atom is 0.338 e. The van der Waals surface area contributed by atoms with Gasteiger partial charge in [-0.25, -0.2) is 4.79 Å². The van der Waals surface area contributed by atoms with Crippen molar-refractivity contribution in [2.75, 3.05) is 11.9 Å². The average Bonchev–Trinajstić information content (AvgIpc) is 2.93. The minimum absolute atomic E-state index is 0.108. The zero-order chi connectivity index (χ0) is 18.0. The highest BCUT2D eigenvalue weighted by atomic mass is 16.5. The van der Waals surface area contributed by atoms with Crippen molar-refractivity contribution < 1.29 is 19.1 Å². The van der Waals surface area contributed by atoms with E-state index in [2.05, 4.69) is 5.32 Å². The number of hydrogen-bond acceptors (Lipinski definition) is 5. The van der Waals surface area contributed by atoms with E-state index in [1.54, 1.807) is 37.3 Å². The van der Waals surface area contributed by atoms with Crippen molar-refractivity contribution in [3.63, 3.8) is 0 Å². The summed E-state index contributed by atoms with van der Waals surface area (Å²) in [5, 5.41) is 11.6. The molecule has 0 bridgehead atoms. The van der Waals surface area contributed by atoms with Crippen molar-refractivity contribution in [3.05, 3.63) is 64.7 Å². The van der Waals surface area contributed by atoms with Crippen molar-refractivity contribution in [3.8, 4) is 6.07 Å². The fourth-order valence-corrected chi connectivity index (χ4v) is 2.60. The number of carbonyl (C=O) groups excluding carboxylic acids is 3. The van der Waals surface area contributed by atoms with Crippen LogP contribution in [0.5, 0.6) is 0 Å². The van der Waals surface area contributed by atoms with E-state index in [9.17, 15) is 14.4 Å². The molecule has 1 aliphatic heterocycles. The summed E-state index contributed by atoms with van der Waals surface area (Å²) in [6, 6.07) is 12.9. The third-order valence-corrected chi connectivity index (χ3v) is 4.05. The van der Waals surface area contributed by atoms with Crippen LogP contribution in [0.1, 0.15) is 44.7 Å². The lowest BCUT2D eigenvalue weighted by Gasteiger charge is -2.07. The number of rotatable bonds is 4. The van der Waals surface area contributed by atoms with Gasteiger partial charge in [0.15, 0.2) is 12.4 Å². The second-order valence-corrected chi connectivity index (χ2v) is 5.70. The van der Waals surface area contributed by atoms with E-state index < -0.39 is 12.6 Å². The highest BCUT2D eigenvalue weighted by molar-refractivity contribution is 6.05. The molecule has 6 heteroatoms. The van der Waals surface area contributed by atoms with Crippen LogP contribution in [0, 0.1) is 11.3 Å². The van der Waals surface area contributed by atoms with Gasteiger partial charge in [-0.1, -0.05) is 6.07 Å². The number of anilines is 1. The van der Waals surface area contributed by atoms with Gasteiger partial charge >= 0.3 is 5.97 Å². The Labute approximate surface area is 144 Å². The molecule has 0 saturated heterocycles. The van der Waals surface area contributed by atoms with Crippen molar-refractivity contribution in [2.45, 2.75) is 12.8 Å². The first-order valence-corrected chi connectivity index (χ1v) is 7.65. The van der Waals surface area contributed by atoms with Crippen molar-refractivity contribution in [2.24, 2.45) is 0 Å². The van der Waals surface area contributed by atoms with Crippen LogP contribution >= 0.6 is 0 Å². The fourth-order valence-electron chi connectivity index (χ4n) is 2.60. The molecule has 0 aromatic heterocycles. The largest absolute Gasteiger partial charge is 0.454 e. The molecule has 124 valence electrons. The Morgan fingerprint density at radius 3 is 2.76 bits per heavy atom. The first-order chi connectivity index (χ1) is 12.0. The molecule has 6 nitrogen and oxygen atoms in total. The molecule has 0 unspecified atom stereocenters. The van der Waals surface area contributed by atoms with Crippen LogP contribution < -0.4 is 5.32 Å². The predicted octanol–water partition coefficient (Wildman–Crippen LogP) is 2.65. The summed E-state index contributed by atoms with van der Waals surface area (Å²) in [6.45, 7) is 1.35. The van der Waals surface area contributed by atoms with Crippen LogP contribution in [0.25, 0.3) is 0 Å². The van der Waals surface area contributed by atoms with Gasteiger partial charge in [-0.15, -0.1) is 0 Å². The zero-order valence-electron chi connectivity index (χ0n) is 13.4. The van der Waals surface area contributed by atoms with Gasteiger partial charge in [-0.2, -0.15) is 5.26 Å². The number of nitrogens with zero attached hydrogens (tertiary/aromatic N) is 1. The van der Waals surface area contributed by atoms with E-state index in [0.717, 1.165) is 5.56 Å². The van der Waals surface area contributed by atoms with E-state index in [4.69, 9.17) is 10.00 Å². The number of esters is 1. The molecule has 1 N–H and O–H groups in total. The normalized spacial score (nSPS) is 15.0. The number of carbonyl (C=O) groups is 3. The Kier molecular flexibility index (Phi) is 4.31. The summed E-state index contributed by atoms with van der Waals surface area (Å²) in [5.74, 6) is -1.46. The zero-order valence-corrected chi connectivity index (χ0v) is 13.4. The van der Waals surface area contributed by atoms with E-state index >= 15 is 0 Å². The lowest BCUT2D eigenvalue weighted by molar-refractivity contribution is -0.116. The van der Waals surface area contributed by atoms with E-state index in [1.807, 2.05) is 6.07 Å². The number of nitrogens with one attached hydrogen (secondary N) is 1. The summed E-state index contributed by atoms with van der Waals surface area (Å²) in [7, 11) is 0. The molecule has 0 radical (unpaired) electrons. The standard InChI is InChI=1S/C19H14N2O4/c1-11-15-8-13(5-6-16(15)21-18(11)23)17(22)10-25-19(24)14-4-2-3-12(7-14)9-20/h2-8,11H,10H2,1H3,(H,21,23)/t11-/m1/s1. The number of ether oxygens (including phenoxy) is 1. The lowest BCUT2D eigenvalue weighted by atomic mass is 9.99. The summed E-state index contributed by atoms with van der Waals surface area (Å²) in [4.78, 5) is 35.9. The molecular formula is C19H14N2O4. The predicted molar refractivity (Wildman–Crippen MR) is 89.3 cm³/mol. The maximum atomic E-state index is 12.3. The van der Waals surface area contributed by atoms with Crippen LogP contribution in [0.4, 0.5) is 5.69 Å². The number of fused-ring (bicyclic) bond motifs is 1. The van der Waals surface area contributed by atoms with E-state index in [0.29, 0.717) is 16.8 Å². The average molecular weight is 334 g/mol. The molecular weight excluding hydrogens is 320 g/mol. The topological polar surface area (TPSA) is 96.3 Å². The van der Waals surface area contributed by atoms with Crippen LogP contribution in [0.3, 0.4) is 0 Å². The Morgan fingerprint density at radius 2 is 2.00 bits per heavy atom. The van der Waals surface area contributed by atoms with Gasteiger partial charge in [0.05, 0.1) is 23.1 Å². The second-order valence-electron chi connectivity index (χ2n) is 5.70. The van der Waals surface area contributed by atoms with E-state index in [-0.39, 0.29) is 23.2 Å². The van der Waals surface area contributed by atoms with Crippen molar-refractivity contribution in [1.82, 2.24) is 0 Å². The Bertz CT molecular complexity index is 927. The molecule has 0 aliphatic carbocycles. The molecule has 3 rings (SSSR count). The third kappa shape index (κ3) is 3.26. The molecule has 1 amide bonds. The summed E-state index contributed by atoms with van der Waals surface area (Å²) in [5.41, 5.74) is 2.37. The number of nitriles is 1. The van der Waals surface area contributed by atoms with Crippen LogP contribution in [-0.2, 0) is 9.53 Å². The minimum atomic E-state index is -0.670. The minimum Gasteiger partial charge on any atom is -0.454 e. The number of ketones is 1. The van der Waals surface area contributed by atoms with Gasteiger partial charge in [0.2, 0.25) is 5.91 Å². The molecule has 0 saturated carbocycles. The molecule has 1 aliphatic rings. The Hall–Kier alpha value is -3.46. The van der Waals surface area contributed by atoms with Crippen LogP contribution in [0.15, 0.2) is 42.5 Å². The lowest BCUT2D eigenvalue weighted by Crippen LogP contribution is -2.14. The van der Waals surface area contributed by atoms with Crippen molar-refractivity contribution in [1.29, 1.82) is 5.26 Å². The Balaban J connectivity index is 1.68. The molecule has 2 aromatic rings. The summed E-state index contributed by atoms with van der Waals surface area (Å²) in [6.07, 6.45) is 0. The molecule has 0 fully saturated rings. The van der Waals surface area contributed by atoms with Gasteiger partial charge in [-0.05, 0) is 48.9 Å². The van der Waals surface area contributed by atoms with Crippen molar-refractivity contribution >= 4 is 23.3 Å². The Morgan fingerprint density at radius 1 is 1.20 bits per heavy atom. The number of benzene rings is 2. The first kappa shape index (κ1) is 16.4. The highest BCUT2D eigenvalue weighted by Gasteiger charge is 2.27. The molecule has 25 heavy (non-hydrogen) atoms. The number of Topliss-reactive ketones (excluding diaryl/α,β-unsaturated/α-hetero) is 1. The van der Waals surface area contributed by atoms with Gasteiger partial charge in [0.1, 0.15) is 0 Å². The molecule has 2 aromatic carbocycles. The van der Waals surface area contributed by atoms with Gasteiger partial charge in [-0.3, -0.25) is 9.59 Å². The van der Waals surface area contributed by atoms with Gasteiger partial charge in [0, 0.05) is 11.3 Å². The van der Waals surface area contributed by atoms with Crippen LogP contribution in [0.2, 0.25) is 0 Å². The summed E-state index contributed by atoms with van der Waals surface area (Å²) < 4.78 is 5.03. The number of amides is 1. The smallest absolute Gasteiger partial charge is 0.338 e. The SMILES string of the molecule is C[C@H]1C(=O)Nc2ccc(C(=O)COC(=O)c3cccc(C#N)c3)cc21. The fraction of sp³-hybridized carbons (Fsp3) is 0.158. The highest BCUT2D eigenvalue weighted by Crippen LogP contribution is 2.32. The molecule has 1 heterocycles. The third-order valence-electron chi connectivity index (χ3n) is 4.05. The molecule has 1 atom stereocenters. The number of hydrogen-bond donors (Lipinski definition) is 1. The first-order valence-electron chi connectivity index (χ1n) is 7.65. The quantitative estimate of drug-likeness (QED) is 0.685. The monoisotopic (exact) mass is 334 g/mol. The van der Waals surface area contributed by atoms with E-state index in [1.165, 1.54) is 12.1 Å². The van der Waals surface area contributed by atoms with Crippen LogP contribution in [-0.4, -0.2) is 24.3 Å².